The Kier molecular flexibility index (Phi) is 4.11. The van der Waals surface area contributed by atoms with Gasteiger partial charge in [-0.3, -0.25) is 9.48 Å². The van der Waals surface area contributed by atoms with Crippen LogP contribution in [0.1, 0.15) is 27.5 Å². The summed E-state index contributed by atoms with van der Waals surface area (Å²) in [6.45, 7) is 4.86. The van der Waals surface area contributed by atoms with Crippen molar-refractivity contribution in [2.24, 2.45) is 0 Å². The van der Waals surface area contributed by atoms with Crippen molar-refractivity contribution in [1.82, 2.24) is 20.4 Å². The number of rotatable bonds is 4. The standard InChI is InChI=1S/C19H20N4O2/c1-13-9-17(18(25-13)14-5-3-2-4-6-14)19(24)21-11-15-10-16-12-20-7-8-23(16)22-15/h2-6,9-10,20H,7-8,11-12H2,1H3,(H,21,24). The quantitative estimate of drug-likeness (QED) is 0.768. The molecule has 1 aromatic carbocycles. The smallest absolute Gasteiger partial charge is 0.255 e. The van der Waals surface area contributed by atoms with E-state index in [1.54, 1.807) is 6.07 Å². The third-order valence-electron chi connectivity index (χ3n) is 4.29. The van der Waals surface area contributed by atoms with Crippen LogP contribution in [0.5, 0.6) is 0 Å². The molecule has 0 aliphatic carbocycles. The van der Waals surface area contributed by atoms with E-state index in [0.717, 1.165) is 36.6 Å². The third kappa shape index (κ3) is 3.21. The highest BCUT2D eigenvalue weighted by Crippen LogP contribution is 2.27. The first kappa shape index (κ1) is 15.7. The molecule has 0 bridgehead atoms. The molecule has 0 saturated carbocycles. The molecule has 6 heteroatoms. The van der Waals surface area contributed by atoms with E-state index in [4.69, 9.17) is 4.42 Å². The molecule has 1 aliphatic heterocycles. The molecule has 2 aromatic heterocycles. The lowest BCUT2D eigenvalue weighted by Crippen LogP contribution is -2.28. The molecule has 4 rings (SSSR count). The summed E-state index contributed by atoms with van der Waals surface area (Å²) in [7, 11) is 0. The van der Waals surface area contributed by atoms with Crippen LogP contribution < -0.4 is 10.6 Å². The summed E-state index contributed by atoms with van der Waals surface area (Å²) in [4.78, 5) is 12.7. The summed E-state index contributed by atoms with van der Waals surface area (Å²) in [5.74, 6) is 1.16. The Morgan fingerprint density at radius 3 is 2.96 bits per heavy atom. The minimum atomic E-state index is -0.153. The first-order valence-electron chi connectivity index (χ1n) is 8.41. The second-order valence-electron chi connectivity index (χ2n) is 6.18. The fourth-order valence-electron chi connectivity index (χ4n) is 3.09. The Morgan fingerprint density at radius 2 is 2.16 bits per heavy atom. The molecule has 3 heterocycles. The van der Waals surface area contributed by atoms with Gasteiger partial charge in [-0.1, -0.05) is 30.3 Å². The van der Waals surface area contributed by atoms with Crippen molar-refractivity contribution in [3.8, 4) is 11.3 Å². The number of nitrogens with zero attached hydrogens (tertiary/aromatic N) is 2. The van der Waals surface area contributed by atoms with E-state index in [1.165, 1.54) is 0 Å². The van der Waals surface area contributed by atoms with Gasteiger partial charge in [-0.2, -0.15) is 5.10 Å². The van der Waals surface area contributed by atoms with Gasteiger partial charge in [0.25, 0.3) is 5.91 Å². The Labute approximate surface area is 145 Å². The van der Waals surface area contributed by atoms with Gasteiger partial charge in [0.2, 0.25) is 0 Å². The van der Waals surface area contributed by atoms with Gasteiger partial charge in [-0.15, -0.1) is 0 Å². The summed E-state index contributed by atoms with van der Waals surface area (Å²) in [6.07, 6.45) is 0. The first-order chi connectivity index (χ1) is 12.2. The molecule has 3 aromatic rings. The van der Waals surface area contributed by atoms with Gasteiger partial charge in [0.05, 0.1) is 30.0 Å². The summed E-state index contributed by atoms with van der Waals surface area (Å²) >= 11 is 0. The summed E-state index contributed by atoms with van der Waals surface area (Å²) < 4.78 is 7.75. The summed E-state index contributed by atoms with van der Waals surface area (Å²) in [6, 6.07) is 13.5. The van der Waals surface area contributed by atoms with Crippen molar-refractivity contribution < 1.29 is 9.21 Å². The van der Waals surface area contributed by atoms with Gasteiger partial charge in [0, 0.05) is 18.7 Å². The Hall–Kier alpha value is -2.86. The molecule has 6 nitrogen and oxygen atoms in total. The van der Waals surface area contributed by atoms with Crippen molar-refractivity contribution in [2.45, 2.75) is 26.6 Å². The highest BCUT2D eigenvalue weighted by atomic mass is 16.3. The number of carbonyl (C=O) groups excluding carboxylic acids is 1. The highest BCUT2D eigenvalue weighted by Gasteiger charge is 2.19. The van der Waals surface area contributed by atoms with Crippen LogP contribution in [0, 0.1) is 6.92 Å². The predicted molar refractivity (Wildman–Crippen MR) is 94.0 cm³/mol. The molecule has 1 amide bonds. The van der Waals surface area contributed by atoms with Crippen molar-refractivity contribution in [3.05, 3.63) is 65.2 Å². The molecule has 25 heavy (non-hydrogen) atoms. The zero-order chi connectivity index (χ0) is 17.2. The van der Waals surface area contributed by atoms with Gasteiger partial charge in [0.1, 0.15) is 11.5 Å². The van der Waals surface area contributed by atoms with Crippen LogP contribution in [-0.2, 0) is 19.6 Å². The number of furan rings is 1. The van der Waals surface area contributed by atoms with Crippen LogP contribution in [-0.4, -0.2) is 22.2 Å². The number of fused-ring (bicyclic) bond motifs is 1. The molecule has 0 radical (unpaired) electrons. The Bertz CT molecular complexity index is 872. The average Bonchev–Trinajstić information content (AvgIpc) is 3.23. The number of hydrogen-bond acceptors (Lipinski definition) is 4. The zero-order valence-corrected chi connectivity index (χ0v) is 14.1. The average molecular weight is 336 g/mol. The van der Waals surface area contributed by atoms with E-state index in [-0.39, 0.29) is 5.91 Å². The molecule has 0 fully saturated rings. The second-order valence-corrected chi connectivity index (χ2v) is 6.18. The van der Waals surface area contributed by atoms with E-state index >= 15 is 0 Å². The maximum absolute atomic E-state index is 12.7. The second kappa shape index (κ2) is 6.57. The SMILES string of the molecule is Cc1cc(C(=O)NCc2cc3n(n2)CCNC3)c(-c2ccccc2)o1. The van der Waals surface area contributed by atoms with Crippen LogP contribution in [0.2, 0.25) is 0 Å². The topological polar surface area (TPSA) is 72.1 Å². The number of aryl methyl sites for hydroxylation is 1. The fourth-order valence-corrected chi connectivity index (χ4v) is 3.09. The minimum absolute atomic E-state index is 0.153. The van der Waals surface area contributed by atoms with Gasteiger partial charge < -0.3 is 15.1 Å². The van der Waals surface area contributed by atoms with E-state index < -0.39 is 0 Å². The van der Waals surface area contributed by atoms with Crippen molar-refractivity contribution in [1.29, 1.82) is 0 Å². The monoisotopic (exact) mass is 336 g/mol. The highest BCUT2D eigenvalue weighted by molar-refractivity contribution is 5.99. The number of carbonyl (C=O) groups is 1. The number of hydrogen-bond donors (Lipinski definition) is 2. The molecule has 0 saturated heterocycles. The fraction of sp³-hybridized carbons (Fsp3) is 0.263. The van der Waals surface area contributed by atoms with Crippen LogP contribution in [0.25, 0.3) is 11.3 Å². The molecule has 128 valence electrons. The van der Waals surface area contributed by atoms with Crippen molar-refractivity contribution >= 4 is 5.91 Å². The lowest BCUT2D eigenvalue weighted by Gasteiger charge is -2.13. The number of benzene rings is 1. The normalized spacial score (nSPS) is 13.5. The Morgan fingerprint density at radius 1 is 1.32 bits per heavy atom. The van der Waals surface area contributed by atoms with Crippen molar-refractivity contribution in [2.75, 3.05) is 6.54 Å². The van der Waals surface area contributed by atoms with E-state index in [9.17, 15) is 4.79 Å². The van der Waals surface area contributed by atoms with Gasteiger partial charge in [-0.05, 0) is 19.1 Å². The molecule has 0 spiro atoms. The minimum Gasteiger partial charge on any atom is -0.461 e. The number of amides is 1. The van der Waals surface area contributed by atoms with Crippen LogP contribution >= 0.6 is 0 Å². The maximum Gasteiger partial charge on any atom is 0.255 e. The van der Waals surface area contributed by atoms with Crippen LogP contribution in [0.3, 0.4) is 0 Å². The van der Waals surface area contributed by atoms with Gasteiger partial charge >= 0.3 is 0 Å². The summed E-state index contributed by atoms with van der Waals surface area (Å²) in [5.41, 5.74) is 3.46. The summed E-state index contributed by atoms with van der Waals surface area (Å²) in [5, 5.41) is 10.8. The number of nitrogens with one attached hydrogen (secondary N) is 2. The van der Waals surface area contributed by atoms with Gasteiger partial charge in [0.15, 0.2) is 0 Å². The zero-order valence-electron chi connectivity index (χ0n) is 14.1. The maximum atomic E-state index is 12.7. The third-order valence-corrected chi connectivity index (χ3v) is 4.29. The van der Waals surface area contributed by atoms with E-state index in [2.05, 4.69) is 15.7 Å². The largest absolute Gasteiger partial charge is 0.461 e. The first-order valence-corrected chi connectivity index (χ1v) is 8.41. The Balaban J connectivity index is 1.51. The lowest BCUT2D eigenvalue weighted by molar-refractivity contribution is 0.0950. The predicted octanol–water partition coefficient (Wildman–Crippen LogP) is 2.48. The molecule has 0 unspecified atom stereocenters. The van der Waals surface area contributed by atoms with E-state index in [0.29, 0.717) is 23.6 Å². The van der Waals surface area contributed by atoms with Crippen LogP contribution in [0.15, 0.2) is 46.9 Å². The van der Waals surface area contributed by atoms with Crippen LogP contribution in [0.4, 0.5) is 0 Å². The van der Waals surface area contributed by atoms with Gasteiger partial charge in [-0.25, -0.2) is 0 Å². The molecular formula is C19H20N4O2. The molecule has 1 aliphatic rings. The number of aromatic nitrogens is 2. The van der Waals surface area contributed by atoms with E-state index in [1.807, 2.05) is 48.0 Å². The molecule has 0 atom stereocenters. The molecular weight excluding hydrogens is 316 g/mol. The van der Waals surface area contributed by atoms with Crippen molar-refractivity contribution in [3.63, 3.8) is 0 Å². The lowest BCUT2D eigenvalue weighted by atomic mass is 10.1. The molecule has 2 N–H and O–H groups in total.